The van der Waals surface area contributed by atoms with Gasteiger partial charge in [-0.05, 0) is 70.8 Å². The third-order valence-corrected chi connectivity index (χ3v) is 13.4. The predicted molar refractivity (Wildman–Crippen MR) is 193 cm³/mol. The zero-order chi connectivity index (χ0) is 36.6. The van der Waals surface area contributed by atoms with E-state index >= 15 is 4.39 Å². The lowest BCUT2D eigenvalue weighted by atomic mass is 10.1. The fourth-order valence-electron chi connectivity index (χ4n) is 5.35. The summed E-state index contributed by atoms with van der Waals surface area (Å²) in [6.45, 7) is 24.7. The lowest BCUT2D eigenvalue weighted by molar-refractivity contribution is -0.224. The Morgan fingerprint density at radius 1 is 1.08 bits per heavy atom. The monoisotopic (exact) mass is 719 g/mol. The average molecular weight is 720 g/mol. The van der Waals surface area contributed by atoms with Crippen LogP contribution in [-0.2, 0) is 14.2 Å². The molecule has 0 unspecified atom stereocenters. The summed E-state index contributed by atoms with van der Waals surface area (Å²) >= 11 is 6.37. The number of ether oxygens (including phenoxy) is 2. The number of benzene rings is 1. The molecular formula is C35H51ClFN5O6Si. The number of halogens is 2. The molecule has 1 amide bonds. The van der Waals surface area contributed by atoms with Gasteiger partial charge >= 0.3 is 11.8 Å². The van der Waals surface area contributed by atoms with Gasteiger partial charge in [-0.2, -0.15) is 4.98 Å². The molecule has 0 saturated carbocycles. The smallest absolute Gasteiger partial charge is 0.410 e. The molecule has 3 aromatic rings. The Labute approximate surface area is 294 Å². The Kier molecular flexibility index (Phi) is 11.4. The summed E-state index contributed by atoms with van der Waals surface area (Å²) in [5.41, 5.74) is 0.0498. The molecule has 11 nitrogen and oxygen atoms in total. The highest BCUT2D eigenvalue weighted by Gasteiger charge is 2.39. The topological polar surface area (TPSA) is 108 Å². The first-order valence-electron chi connectivity index (χ1n) is 16.7. The van der Waals surface area contributed by atoms with Gasteiger partial charge in [0.15, 0.2) is 0 Å². The molecule has 3 heterocycles. The summed E-state index contributed by atoms with van der Waals surface area (Å²) in [6.07, 6.45) is 1.20. The van der Waals surface area contributed by atoms with E-state index in [0.29, 0.717) is 46.9 Å². The van der Waals surface area contributed by atoms with Crippen molar-refractivity contribution in [3.8, 4) is 11.4 Å². The lowest BCUT2D eigenvalue weighted by Crippen LogP contribution is -2.59. The van der Waals surface area contributed by atoms with Crippen molar-refractivity contribution in [2.45, 2.75) is 111 Å². The van der Waals surface area contributed by atoms with Crippen LogP contribution in [0.3, 0.4) is 0 Å². The molecule has 49 heavy (non-hydrogen) atoms. The van der Waals surface area contributed by atoms with Crippen molar-refractivity contribution in [2.24, 2.45) is 0 Å². The first kappa shape index (κ1) is 38.5. The minimum Gasteiger partial charge on any atom is -0.489 e. The standard InChI is InChI=1S/C35H51ClFN5O6Si/c1-21(2)29-30(28(13-14-38-29)45-15-16-46-48-49(11,12)35(8,9)10)42-27-18-25(36)26(37)17-24(27)31(39-32(42)43)40-19-23(4)41(20-22(40)3)33(44)47-34(5,6)7/h13-14,17-18,21-23H,15-16,19-20H2,1-12H3/t22-,23+/m0/s1. The SMILES string of the molecule is CC(C)c1nccc(OCCOO[Si](C)(C)C(C)(C)C)c1-n1c(=O)nc(N2C[C@@H](C)N(C(=O)OC(C)(C)C)C[C@@H]2C)c2cc(F)c(Cl)cc21. The van der Waals surface area contributed by atoms with Crippen molar-refractivity contribution < 1.29 is 28.1 Å². The first-order valence-corrected chi connectivity index (χ1v) is 20.0. The van der Waals surface area contributed by atoms with Gasteiger partial charge in [0.05, 0.1) is 16.2 Å². The summed E-state index contributed by atoms with van der Waals surface area (Å²) < 4.78 is 34.3. The summed E-state index contributed by atoms with van der Waals surface area (Å²) in [4.78, 5) is 45.5. The van der Waals surface area contributed by atoms with Crippen LogP contribution in [0.4, 0.5) is 15.0 Å². The van der Waals surface area contributed by atoms with E-state index in [0.717, 1.165) is 0 Å². The van der Waals surface area contributed by atoms with E-state index in [1.807, 2.05) is 53.4 Å². The minimum atomic E-state index is -2.13. The quantitative estimate of drug-likeness (QED) is 0.0945. The lowest BCUT2D eigenvalue weighted by Gasteiger charge is -2.45. The number of amides is 1. The maximum atomic E-state index is 15.2. The van der Waals surface area contributed by atoms with E-state index in [1.54, 1.807) is 17.2 Å². The predicted octanol–water partition coefficient (Wildman–Crippen LogP) is 7.86. The second-order valence-electron chi connectivity index (χ2n) is 15.5. The van der Waals surface area contributed by atoms with Crippen molar-refractivity contribution >= 4 is 42.7 Å². The molecule has 1 aliphatic heterocycles. The molecule has 4 rings (SSSR count). The van der Waals surface area contributed by atoms with Gasteiger partial charge in [-0.3, -0.25) is 14.1 Å². The molecule has 2 atom stereocenters. The second kappa shape index (κ2) is 14.5. The van der Waals surface area contributed by atoms with Crippen LogP contribution in [0.25, 0.3) is 16.6 Å². The fourth-order valence-corrected chi connectivity index (χ4v) is 6.14. The first-order chi connectivity index (χ1) is 22.6. The summed E-state index contributed by atoms with van der Waals surface area (Å²) in [6, 6.07) is 3.85. The second-order valence-corrected chi connectivity index (χ2v) is 20.6. The van der Waals surface area contributed by atoms with Gasteiger partial charge in [0.25, 0.3) is 0 Å². The van der Waals surface area contributed by atoms with E-state index in [2.05, 4.69) is 43.8 Å². The summed E-state index contributed by atoms with van der Waals surface area (Å²) in [5, 5.41) is 0.201. The maximum absolute atomic E-state index is 15.2. The summed E-state index contributed by atoms with van der Waals surface area (Å²) in [7, 11) is -2.13. The number of pyridine rings is 1. The number of carbonyl (C=O) groups is 1. The van der Waals surface area contributed by atoms with Crippen molar-refractivity contribution in [3.63, 3.8) is 0 Å². The van der Waals surface area contributed by atoms with Gasteiger partial charge in [0.2, 0.25) is 8.32 Å². The van der Waals surface area contributed by atoms with E-state index in [-0.39, 0.29) is 41.3 Å². The third-order valence-electron chi connectivity index (χ3n) is 8.98. The van der Waals surface area contributed by atoms with Crippen LogP contribution in [0.5, 0.6) is 5.75 Å². The zero-order valence-corrected chi connectivity index (χ0v) is 32.6. The number of aromatic nitrogens is 3. The van der Waals surface area contributed by atoms with Crippen LogP contribution < -0.4 is 15.3 Å². The van der Waals surface area contributed by atoms with Crippen molar-refractivity contribution in [2.75, 3.05) is 31.2 Å². The highest BCUT2D eigenvalue weighted by molar-refractivity contribution is 6.73. The number of nitrogens with zero attached hydrogens (tertiary/aromatic N) is 5. The average Bonchev–Trinajstić information content (AvgIpc) is 2.97. The maximum Gasteiger partial charge on any atom is 0.410 e. The van der Waals surface area contributed by atoms with Gasteiger partial charge < -0.3 is 19.3 Å². The number of anilines is 1. The number of hydrogen-bond acceptors (Lipinski definition) is 9. The largest absolute Gasteiger partial charge is 0.489 e. The molecule has 0 N–H and O–H groups in total. The Bertz CT molecular complexity index is 1740. The molecule has 1 saturated heterocycles. The van der Waals surface area contributed by atoms with Gasteiger partial charge in [0.1, 0.15) is 41.9 Å². The fraction of sp³-hybridized carbons (Fsp3) is 0.600. The van der Waals surface area contributed by atoms with Gasteiger partial charge in [-0.25, -0.2) is 18.9 Å². The van der Waals surface area contributed by atoms with Gasteiger partial charge in [-0.15, -0.1) is 0 Å². The van der Waals surface area contributed by atoms with Crippen molar-refractivity contribution in [1.29, 1.82) is 0 Å². The van der Waals surface area contributed by atoms with Gasteiger partial charge in [0, 0.05) is 42.8 Å². The molecule has 1 aliphatic rings. The van der Waals surface area contributed by atoms with Crippen LogP contribution in [0.2, 0.25) is 23.2 Å². The highest BCUT2D eigenvalue weighted by atomic mass is 35.5. The van der Waals surface area contributed by atoms with Crippen LogP contribution in [-0.4, -0.2) is 77.8 Å². The normalized spacial score (nSPS) is 17.6. The number of fused-ring (bicyclic) bond motifs is 1. The van der Waals surface area contributed by atoms with Crippen LogP contribution in [0, 0.1) is 5.82 Å². The molecule has 14 heteroatoms. The van der Waals surface area contributed by atoms with Gasteiger partial charge in [-0.1, -0.05) is 46.2 Å². The molecular weight excluding hydrogens is 669 g/mol. The van der Waals surface area contributed by atoms with E-state index in [1.165, 1.54) is 16.7 Å². The minimum absolute atomic E-state index is 0.0259. The van der Waals surface area contributed by atoms with Crippen molar-refractivity contribution in [3.05, 3.63) is 51.4 Å². The molecule has 0 spiro atoms. The molecule has 1 aromatic carbocycles. The summed E-state index contributed by atoms with van der Waals surface area (Å²) in [5.74, 6) is -0.0955. The Hall–Kier alpha value is -3.26. The van der Waals surface area contributed by atoms with Crippen LogP contribution >= 0.6 is 11.6 Å². The van der Waals surface area contributed by atoms with E-state index in [4.69, 9.17) is 30.5 Å². The van der Waals surface area contributed by atoms with E-state index < -0.39 is 31.5 Å². The number of piperazine rings is 1. The van der Waals surface area contributed by atoms with Crippen LogP contribution in [0.1, 0.15) is 80.8 Å². The van der Waals surface area contributed by atoms with E-state index in [9.17, 15) is 9.59 Å². The third kappa shape index (κ3) is 8.55. The molecule has 0 aliphatic carbocycles. The Morgan fingerprint density at radius 3 is 2.37 bits per heavy atom. The van der Waals surface area contributed by atoms with Crippen LogP contribution in [0.15, 0.2) is 29.2 Å². The highest BCUT2D eigenvalue weighted by Crippen LogP contribution is 2.38. The zero-order valence-electron chi connectivity index (χ0n) is 30.8. The Morgan fingerprint density at radius 2 is 1.76 bits per heavy atom. The molecule has 270 valence electrons. The molecule has 1 fully saturated rings. The number of carbonyl (C=O) groups excluding carboxylic acids is 1. The molecule has 2 aromatic heterocycles. The number of hydrogen-bond donors (Lipinski definition) is 0. The number of rotatable bonds is 9. The molecule has 0 bridgehead atoms. The van der Waals surface area contributed by atoms with Crippen molar-refractivity contribution in [1.82, 2.24) is 19.4 Å². The Balaban J connectivity index is 1.76. The molecule has 0 radical (unpaired) electrons.